The van der Waals surface area contributed by atoms with E-state index in [-0.39, 0.29) is 12.8 Å². The molecule has 1 heterocycles. The quantitative estimate of drug-likeness (QED) is 0.675. The van der Waals surface area contributed by atoms with Crippen LogP contribution in [0.2, 0.25) is 0 Å². The standard InChI is InChI=1S/C16H18N2O4/c1-17-12-8-5-9-13-14(12)15(18-22-13)20-10-21-16(19)11-6-3-2-4-7-11/h2-4,6-7,12,17H,5,8-10H2,1H3/t12-/m1/s1. The summed E-state index contributed by atoms with van der Waals surface area (Å²) in [6.07, 6.45) is 2.91. The molecule has 1 aromatic heterocycles. The first kappa shape index (κ1) is 14.6. The number of nitrogens with zero attached hydrogens (tertiary/aromatic N) is 1. The lowest BCUT2D eigenvalue weighted by atomic mass is 9.93. The molecule has 6 heteroatoms. The van der Waals surface area contributed by atoms with Crippen LogP contribution in [0.3, 0.4) is 0 Å². The average Bonchev–Trinajstić information content (AvgIpc) is 2.99. The number of benzene rings is 1. The van der Waals surface area contributed by atoms with E-state index in [9.17, 15) is 4.79 Å². The summed E-state index contributed by atoms with van der Waals surface area (Å²) in [6.45, 7) is -0.191. The molecule has 1 N–H and O–H groups in total. The molecular weight excluding hydrogens is 284 g/mol. The van der Waals surface area contributed by atoms with Crippen molar-refractivity contribution in [1.82, 2.24) is 10.5 Å². The Morgan fingerprint density at radius 3 is 3.00 bits per heavy atom. The second-order valence-electron chi connectivity index (χ2n) is 5.12. The Bertz CT molecular complexity index is 639. The van der Waals surface area contributed by atoms with Crippen molar-refractivity contribution in [3.63, 3.8) is 0 Å². The van der Waals surface area contributed by atoms with Crippen molar-refractivity contribution >= 4 is 5.97 Å². The lowest BCUT2D eigenvalue weighted by Crippen LogP contribution is -2.21. The maximum atomic E-state index is 11.8. The van der Waals surface area contributed by atoms with E-state index in [4.69, 9.17) is 14.0 Å². The minimum atomic E-state index is -0.428. The molecule has 0 spiro atoms. The Kier molecular flexibility index (Phi) is 4.39. The molecule has 0 bridgehead atoms. The molecule has 116 valence electrons. The third kappa shape index (κ3) is 2.96. The van der Waals surface area contributed by atoms with Gasteiger partial charge in [-0.05, 0) is 37.2 Å². The van der Waals surface area contributed by atoms with Crippen LogP contribution in [0.15, 0.2) is 34.9 Å². The maximum Gasteiger partial charge on any atom is 0.340 e. The van der Waals surface area contributed by atoms with Gasteiger partial charge in [0.05, 0.1) is 11.1 Å². The summed E-state index contributed by atoms with van der Waals surface area (Å²) in [5.74, 6) is 0.813. The Morgan fingerprint density at radius 2 is 2.23 bits per heavy atom. The lowest BCUT2D eigenvalue weighted by Gasteiger charge is -2.20. The average molecular weight is 302 g/mol. The largest absolute Gasteiger partial charge is 0.437 e. The number of carbonyl (C=O) groups is 1. The third-order valence-corrected chi connectivity index (χ3v) is 3.76. The molecule has 0 saturated carbocycles. The van der Waals surface area contributed by atoms with Crippen LogP contribution in [0.1, 0.15) is 40.6 Å². The summed E-state index contributed by atoms with van der Waals surface area (Å²) < 4.78 is 15.9. The molecule has 2 aromatic rings. The van der Waals surface area contributed by atoms with Gasteiger partial charge in [-0.25, -0.2) is 4.79 Å². The zero-order valence-electron chi connectivity index (χ0n) is 12.4. The van der Waals surface area contributed by atoms with Gasteiger partial charge in [0.1, 0.15) is 5.76 Å². The summed E-state index contributed by atoms with van der Waals surface area (Å²) in [6, 6.07) is 8.95. The van der Waals surface area contributed by atoms with Crippen molar-refractivity contribution in [2.24, 2.45) is 0 Å². The highest BCUT2D eigenvalue weighted by molar-refractivity contribution is 5.89. The molecule has 0 radical (unpaired) electrons. The number of aryl methyl sites for hydroxylation is 1. The first-order valence-electron chi connectivity index (χ1n) is 7.30. The second kappa shape index (κ2) is 6.62. The molecule has 0 aliphatic heterocycles. The van der Waals surface area contributed by atoms with Gasteiger partial charge in [-0.2, -0.15) is 0 Å². The van der Waals surface area contributed by atoms with Crippen LogP contribution < -0.4 is 10.1 Å². The molecule has 3 rings (SSSR count). The van der Waals surface area contributed by atoms with Crippen LogP contribution in [0.4, 0.5) is 0 Å². The maximum absolute atomic E-state index is 11.8. The van der Waals surface area contributed by atoms with Gasteiger partial charge >= 0.3 is 5.97 Å². The fourth-order valence-corrected chi connectivity index (χ4v) is 2.64. The lowest BCUT2D eigenvalue weighted by molar-refractivity contribution is 0.0128. The van der Waals surface area contributed by atoms with Crippen LogP contribution in [-0.4, -0.2) is 25.0 Å². The molecule has 1 aliphatic rings. The highest BCUT2D eigenvalue weighted by Gasteiger charge is 2.28. The van der Waals surface area contributed by atoms with E-state index in [0.29, 0.717) is 11.4 Å². The molecule has 0 saturated heterocycles. The highest BCUT2D eigenvalue weighted by atomic mass is 16.7. The SMILES string of the molecule is CN[C@@H]1CCCc2onc(OCOC(=O)c3ccccc3)c21. The number of rotatable bonds is 5. The van der Waals surface area contributed by atoms with Crippen LogP contribution in [0.5, 0.6) is 5.88 Å². The second-order valence-corrected chi connectivity index (χ2v) is 5.12. The van der Waals surface area contributed by atoms with Crippen molar-refractivity contribution in [2.75, 3.05) is 13.8 Å². The molecule has 0 fully saturated rings. The van der Waals surface area contributed by atoms with Crippen LogP contribution in [0.25, 0.3) is 0 Å². The van der Waals surface area contributed by atoms with Gasteiger partial charge in [0.2, 0.25) is 6.79 Å². The molecule has 1 aliphatic carbocycles. The van der Waals surface area contributed by atoms with Gasteiger partial charge in [-0.15, -0.1) is 0 Å². The van der Waals surface area contributed by atoms with Gasteiger partial charge in [-0.1, -0.05) is 18.2 Å². The zero-order chi connectivity index (χ0) is 15.4. The number of hydrogen-bond acceptors (Lipinski definition) is 6. The van der Waals surface area contributed by atoms with Crippen LogP contribution in [0, 0.1) is 0 Å². The normalized spacial score (nSPS) is 16.9. The van der Waals surface area contributed by atoms with Crippen LogP contribution in [-0.2, 0) is 11.2 Å². The van der Waals surface area contributed by atoms with E-state index in [1.54, 1.807) is 24.3 Å². The Balaban J connectivity index is 1.61. The van der Waals surface area contributed by atoms with Crippen molar-refractivity contribution in [1.29, 1.82) is 0 Å². The number of esters is 1. The molecule has 6 nitrogen and oxygen atoms in total. The molecule has 1 atom stereocenters. The van der Waals surface area contributed by atoms with E-state index in [2.05, 4.69) is 10.5 Å². The van der Waals surface area contributed by atoms with Gasteiger partial charge < -0.3 is 19.3 Å². The van der Waals surface area contributed by atoms with Gasteiger partial charge in [0.25, 0.3) is 5.88 Å². The van der Waals surface area contributed by atoms with Crippen molar-refractivity contribution in [3.05, 3.63) is 47.2 Å². The number of carbonyl (C=O) groups excluding carboxylic acids is 1. The Morgan fingerprint density at radius 1 is 1.41 bits per heavy atom. The van der Waals surface area contributed by atoms with E-state index < -0.39 is 5.97 Å². The van der Waals surface area contributed by atoms with Gasteiger partial charge in [0.15, 0.2) is 0 Å². The predicted octanol–water partition coefficient (Wildman–Crippen LogP) is 2.46. The van der Waals surface area contributed by atoms with E-state index in [0.717, 1.165) is 30.6 Å². The predicted molar refractivity (Wildman–Crippen MR) is 78.6 cm³/mol. The van der Waals surface area contributed by atoms with Gasteiger partial charge in [0, 0.05) is 12.5 Å². The summed E-state index contributed by atoms with van der Waals surface area (Å²) in [5.41, 5.74) is 1.42. The topological polar surface area (TPSA) is 73.6 Å². The van der Waals surface area contributed by atoms with E-state index >= 15 is 0 Å². The fraction of sp³-hybridized carbons (Fsp3) is 0.375. The molecule has 0 amide bonds. The summed E-state index contributed by atoms with van der Waals surface area (Å²) in [7, 11) is 1.89. The fourth-order valence-electron chi connectivity index (χ4n) is 2.64. The summed E-state index contributed by atoms with van der Waals surface area (Å²) >= 11 is 0. The number of ether oxygens (including phenoxy) is 2. The number of fused-ring (bicyclic) bond motifs is 1. The van der Waals surface area contributed by atoms with Gasteiger partial charge in [-0.3, -0.25) is 0 Å². The van der Waals surface area contributed by atoms with Crippen molar-refractivity contribution < 1.29 is 18.8 Å². The zero-order valence-corrected chi connectivity index (χ0v) is 12.4. The van der Waals surface area contributed by atoms with Crippen LogP contribution >= 0.6 is 0 Å². The number of nitrogens with one attached hydrogen (secondary N) is 1. The van der Waals surface area contributed by atoms with Crippen molar-refractivity contribution in [2.45, 2.75) is 25.3 Å². The molecule has 22 heavy (non-hydrogen) atoms. The first-order chi connectivity index (χ1) is 10.8. The molecular formula is C16H18N2O4. The monoisotopic (exact) mass is 302 g/mol. The third-order valence-electron chi connectivity index (χ3n) is 3.76. The molecule has 0 unspecified atom stereocenters. The highest BCUT2D eigenvalue weighted by Crippen LogP contribution is 2.35. The van der Waals surface area contributed by atoms with E-state index in [1.807, 2.05) is 13.1 Å². The number of hydrogen-bond donors (Lipinski definition) is 1. The molecule has 1 aromatic carbocycles. The van der Waals surface area contributed by atoms with Crippen molar-refractivity contribution in [3.8, 4) is 5.88 Å². The smallest absolute Gasteiger partial charge is 0.340 e. The first-order valence-corrected chi connectivity index (χ1v) is 7.30. The summed E-state index contributed by atoms with van der Waals surface area (Å²) in [4.78, 5) is 11.8. The minimum Gasteiger partial charge on any atom is -0.437 e. The summed E-state index contributed by atoms with van der Waals surface area (Å²) in [5, 5.41) is 7.16. The minimum absolute atomic E-state index is 0.162. The Hall–Kier alpha value is -2.34. The van der Waals surface area contributed by atoms with E-state index in [1.165, 1.54) is 0 Å². The number of aromatic nitrogens is 1. The Labute approximate surface area is 128 Å².